The SMILES string of the molecule is Cn1ccnc1-c1nc(Cl)c2c(-c3ccccc3)c(-c3ccccc3)cn2n1. The van der Waals surface area contributed by atoms with Crippen molar-refractivity contribution in [3.05, 3.63) is 84.4 Å². The molecule has 0 atom stereocenters. The highest BCUT2D eigenvalue weighted by molar-refractivity contribution is 6.33. The number of benzene rings is 2. The van der Waals surface area contributed by atoms with Crippen molar-refractivity contribution in [2.45, 2.75) is 0 Å². The molecule has 0 unspecified atom stereocenters. The summed E-state index contributed by atoms with van der Waals surface area (Å²) in [5, 5.41) is 5.11. The van der Waals surface area contributed by atoms with E-state index in [4.69, 9.17) is 16.7 Å². The van der Waals surface area contributed by atoms with E-state index in [9.17, 15) is 0 Å². The predicted molar refractivity (Wildman–Crippen MR) is 111 cm³/mol. The van der Waals surface area contributed by atoms with Gasteiger partial charge in [0.15, 0.2) is 11.0 Å². The summed E-state index contributed by atoms with van der Waals surface area (Å²) in [5.74, 6) is 1.15. The van der Waals surface area contributed by atoms with E-state index in [1.807, 2.05) is 64.9 Å². The van der Waals surface area contributed by atoms with Crippen LogP contribution in [0.4, 0.5) is 0 Å². The largest absolute Gasteiger partial charge is 0.331 e. The van der Waals surface area contributed by atoms with Crippen LogP contribution >= 0.6 is 11.6 Å². The number of nitrogens with zero attached hydrogens (tertiary/aromatic N) is 5. The van der Waals surface area contributed by atoms with Crippen LogP contribution in [0, 0.1) is 0 Å². The number of aromatic nitrogens is 5. The van der Waals surface area contributed by atoms with Crippen molar-refractivity contribution in [1.29, 1.82) is 0 Å². The molecule has 5 nitrogen and oxygen atoms in total. The van der Waals surface area contributed by atoms with Crippen LogP contribution in [-0.2, 0) is 7.05 Å². The molecule has 28 heavy (non-hydrogen) atoms. The van der Waals surface area contributed by atoms with Crippen molar-refractivity contribution in [3.8, 4) is 33.9 Å². The van der Waals surface area contributed by atoms with Crippen LogP contribution in [0.5, 0.6) is 0 Å². The zero-order valence-corrected chi connectivity index (χ0v) is 15.9. The van der Waals surface area contributed by atoms with Crippen LogP contribution < -0.4 is 0 Å². The first kappa shape index (κ1) is 16.7. The molecule has 136 valence electrons. The highest BCUT2D eigenvalue weighted by Gasteiger charge is 2.20. The first-order chi connectivity index (χ1) is 13.7. The zero-order chi connectivity index (χ0) is 19.1. The Morgan fingerprint density at radius 2 is 1.57 bits per heavy atom. The topological polar surface area (TPSA) is 48.0 Å². The lowest BCUT2D eigenvalue weighted by Gasteiger charge is -2.07. The van der Waals surface area contributed by atoms with Gasteiger partial charge in [-0.15, -0.1) is 5.10 Å². The Morgan fingerprint density at radius 3 is 2.21 bits per heavy atom. The van der Waals surface area contributed by atoms with E-state index in [0.29, 0.717) is 16.8 Å². The highest BCUT2D eigenvalue weighted by Crippen LogP contribution is 2.39. The van der Waals surface area contributed by atoms with Crippen molar-refractivity contribution in [2.24, 2.45) is 7.05 Å². The number of hydrogen-bond acceptors (Lipinski definition) is 3. The first-order valence-electron chi connectivity index (χ1n) is 8.90. The standard InChI is InChI=1S/C22H16ClN5/c1-27-13-12-24-22(27)21-25-20(23)19-18(16-10-6-3-7-11-16)17(14-28(19)26-21)15-8-4-2-5-9-15/h2-14H,1H3. The third kappa shape index (κ3) is 2.68. The molecule has 5 aromatic rings. The number of aryl methyl sites for hydroxylation is 1. The van der Waals surface area contributed by atoms with E-state index in [-0.39, 0.29) is 0 Å². The lowest BCUT2D eigenvalue weighted by molar-refractivity contribution is 0.860. The molecule has 3 heterocycles. The van der Waals surface area contributed by atoms with Crippen LogP contribution in [0.2, 0.25) is 5.15 Å². The van der Waals surface area contributed by atoms with E-state index >= 15 is 0 Å². The summed E-state index contributed by atoms with van der Waals surface area (Å²) in [7, 11) is 1.91. The normalized spacial score (nSPS) is 11.2. The maximum Gasteiger partial charge on any atom is 0.217 e. The molecule has 0 aliphatic rings. The van der Waals surface area contributed by atoms with E-state index in [1.54, 1.807) is 6.20 Å². The van der Waals surface area contributed by atoms with Crippen molar-refractivity contribution in [2.75, 3.05) is 0 Å². The van der Waals surface area contributed by atoms with E-state index in [0.717, 1.165) is 27.8 Å². The third-order valence-electron chi connectivity index (χ3n) is 4.76. The lowest BCUT2D eigenvalue weighted by Crippen LogP contribution is -2.02. The number of hydrogen-bond donors (Lipinski definition) is 0. The van der Waals surface area contributed by atoms with Crippen LogP contribution in [-0.4, -0.2) is 24.1 Å². The summed E-state index contributed by atoms with van der Waals surface area (Å²) in [6.07, 6.45) is 5.58. The molecule has 0 aliphatic carbocycles. The Bertz CT molecular complexity index is 1270. The number of rotatable bonds is 3. The molecule has 5 rings (SSSR count). The Morgan fingerprint density at radius 1 is 0.893 bits per heavy atom. The second-order valence-electron chi connectivity index (χ2n) is 6.53. The van der Waals surface area contributed by atoms with Crippen molar-refractivity contribution < 1.29 is 0 Å². The minimum Gasteiger partial charge on any atom is -0.331 e. The fourth-order valence-electron chi connectivity index (χ4n) is 3.45. The van der Waals surface area contributed by atoms with Gasteiger partial charge in [-0.25, -0.2) is 14.5 Å². The van der Waals surface area contributed by atoms with Gasteiger partial charge in [0.2, 0.25) is 5.82 Å². The zero-order valence-electron chi connectivity index (χ0n) is 15.1. The minimum atomic E-state index is 0.397. The molecule has 3 aromatic heterocycles. The Kier molecular flexibility index (Phi) is 3.95. The Balaban J connectivity index is 1.84. The molecule has 0 bridgehead atoms. The Hall–Kier alpha value is -3.44. The lowest BCUT2D eigenvalue weighted by atomic mass is 9.98. The smallest absolute Gasteiger partial charge is 0.217 e. The van der Waals surface area contributed by atoms with Gasteiger partial charge in [0.25, 0.3) is 0 Å². The molecule has 0 aliphatic heterocycles. The molecule has 0 saturated carbocycles. The monoisotopic (exact) mass is 385 g/mol. The molecule has 0 spiro atoms. The highest BCUT2D eigenvalue weighted by atomic mass is 35.5. The van der Waals surface area contributed by atoms with Gasteiger partial charge in [0.1, 0.15) is 5.52 Å². The maximum atomic E-state index is 6.68. The van der Waals surface area contributed by atoms with Crippen LogP contribution in [0.25, 0.3) is 39.4 Å². The number of fused-ring (bicyclic) bond motifs is 1. The first-order valence-corrected chi connectivity index (χ1v) is 9.27. The van der Waals surface area contributed by atoms with Crippen molar-refractivity contribution in [1.82, 2.24) is 24.1 Å². The van der Waals surface area contributed by atoms with Gasteiger partial charge in [-0.05, 0) is 11.1 Å². The van der Waals surface area contributed by atoms with Gasteiger partial charge in [-0.1, -0.05) is 72.3 Å². The molecule has 0 amide bonds. The van der Waals surface area contributed by atoms with E-state index < -0.39 is 0 Å². The predicted octanol–water partition coefficient (Wildman–Crippen LogP) is 5.12. The maximum absolute atomic E-state index is 6.68. The summed E-state index contributed by atoms with van der Waals surface area (Å²) in [4.78, 5) is 8.89. The second kappa shape index (κ2) is 6.62. The van der Waals surface area contributed by atoms with Gasteiger partial charge in [0.05, 0.1) is 0 Å². The van der Waals surface area contributed by atoms with Crippen molar-refractivity contribution >= 4 is 17.1 Å². The second-order valence-corrected chi connectivity index (χ2v) is 6.89. The molecular formula is C22H16ClN5. The van der Waals surface area contributed by atoms with Gasteiger partial charge in [-0.2, -0.15) is 0 Å². The average Bonchev–Trinajstić information content (AvgIpc) is 3.33. The fourth-order valence-corrected chi connectivity index (χ4v) is 3.71. The van der Waals surface area contributed by atoms with Crippen molar-refractivity contribution in [3.63, 3.8) is 0 Å². The van der Waals surface area contributed by atoms with Gasteiger partial charge in [0, 0.05) is 36.8 Å². The summed E-state index contributed by atoms with van der Waals surface area (Å²) in [5.41, 5.74) is 5.02. The fraction of sp³-hybridized carbons (Fsp3) is 0.0455. The Labute approximate surface area is 166 Å². The third-order valence-corrected chi connectivity index (χ3v) is 5.02. The molecule has 0 fully saturated rings. The molecule has 0 saturated heterocycles. The molecule has 2 aromatic carbocycles. The van der Waals surface area contributed by atoms with Crippen LogP contribution in [0.3, 0.4) is 0 Å². The number of halogens is 1. The summed E-state index contributed by atoms with van der Waals surface area (Å²) >= 11 is 6.68. The number of imidazole rings is 1. The van der Waals surface area contributed by atoms with Crippen LogP contribution in [0.15, 0.2) is 79.3 Å². The molecule has 0 N–H and O–H groups in total. The van der Waals surface area contributed by atoms with Gasteiger partial charge < -0.3 is 4.57 Å². The van der Waals surface area contributed by atoms with E-state index in [2.05, 4.69) is 34.2 Å². The summed E-state index contributed by atoms with van der Waals surface area (Å²) < 4.78 is 3.68. The molecular weight excluding hydrogens is 370 g/mol. The summed E-state index contributed by atoms with van der Waals surface area (Å²) in [6.45, 7) is 0. The van der Waals surface area contributed by atoms with Gasteiger partial charge in [-0.3, -0.25) is 0 Å². The van der Waals surface area contributed by atoms with Crippen LogP contribution in [0.1, 0.15) is 0 Å². The summed E-state index contributed by atoms with van der Waals surface area (Å²) in [6, 6.07) is 20.4. The average molecular weight is 386 g/mol. The minimum absolute atomic E-state index is 0.397. The quantitative estimate of drug-likeness (QED) is 0.433. The van der Waals surface area contributed by atoms with Gasteiger partial charge >= 0.3 is 0 Å². The van der Waals surface area contributed by atoms with E-state index in [1.165, 1.54) is 0 Å². The molecule has 6 heteroatoms. The molecule has 0 radical (unpaired) electrons.